The maximum Gasteiger partial charge on any atom is 0.142 e. The summed E-state index contributed by atoms with van der Waals surface area (Å²) in [6.45, 7) is 1.85. The van der Waals surface area contributed by atoms with Crippen LogP contribution >= 0.6 is 11.8 Å². The van der Waals surface area contributed by atoms with Crippen molar-refractivity contribution in [3.8, 4) is 0 Å². The van der Waals surface area contributed by atoms with Crippen molar-refractivity contribution in [3.05, 3.63) is 0 Å². The SMILES string of the molecule is CCC(=O)CSCC(C=O)NC. The second kappa shape index (κ2) is 7.31. The summed E-state index contributed by atoms with van der Waals surface area (Å²) in [5.41, 5.74) is 0. The molecule has 0 aromatic carbocycles. The average molecular weight is 189 g/mol. The number of nitrogens with one attached hydrogen (secondary N) is 1. The van der Waals surface area contributed by atoms with Crippen LogP contribution in [0, 0.1) is 0 Å². The molecule has 0 aliphatic carbocycles. The van der Waals surface area contributed by atoms with Crippen LogP contribution in [0.2, 0.25) is 0 Å². The van der Waals surface area contributed by atoms with Crippen molar-refractivity contribution in [2.45, 2.75) is 19.4 Å². The van der Waals surface area contributed by atoms with Gasteiger partial charge in [0.15, 0.2) is 0 Å². The van der Waals surface area contributed by atoms with E-state index < -0.39 is 0 Å². The summed E-state index contributed by atoms with van der Waals surface area (Å²) in [4.78, 5) is 21.2. The van der Waals surface area contributed by atoms with Crippen molar-refractivity contribution in [1.29, 1.82) is 0 Å². The Balaban J connectivity index is 3.40. The lowest BCUT2D eigenvalue weighted by molar-refractivity contribution is -0.116. The zero-order chi connectivity index (χ0) is 9.40. The first-order valence-electron chi connectivity index (χ1n) is 3.96. The number of rotatable bonds is 7. The zero-order valence-corrected chi connectivity index (χ0v) is 8.32. The first-order valence-corrected chi connectivity index (χ1v) is 5.12. The lowest BCUT2D eigenvalue weighted by Crippen LogP contribution is -2.29. The highest BCUT2D eigenvalue weighted by Crippen LogP contribution is 2.02. The minimum absolute atomic E-state index is 0.125. The van der Waals surface area contributed by atoms with E-state index in [4.69, 9.17) is 0 Å². The van der Waals surface area contributed by atoms with E-state index in [1.54, 1.807) is 7.05 Å². The molecule has 0 fully saturated rings. The van der Waals surface area contributed by atoms with Crippen LogP contribution in [0.25, 0.3) is 0 Å². The van der Waals surface area contributed by atoms with Gasteiger partial charge in [0.2, 0.25) is 0 Å². The Labute approximate surface area is 77.3 Å². The van der Waals surface area contributed by atoms with Gasteiger partial charge in [0.05, 0.1) is 11.8 Å². The maximum atomic E-state index is 10.8. The van der Waals surface area contributed by atoms with Crippen LogP contribution in [0.3, 0.4) is 0 Å². The Kier molecular flexibility index (Phi) is 7.09. The van der Waals surface area contributed by atoms with Gasteiger partial charge in [-0.15, -0.1) is 0 Å². The standard InChI is InChI=1S/C8H15NO2S/c1-3-8(11)6-12-5-7(4-10)9-2/h4,7,9H,3,5-6H2,1-2H3. The number of carbonyl (C=O) groups is 2. The fourth-order valence-corrected chi connectivity index (χ4v) is 1.64. The fraction of sp³-hybridized carbons (Fsp3) is 0.750. The lowest BCUT2D eigenvalue weighted by atomic mass is 10.4. The van der Waals surface area contributed by atoms with Gasteiger partial charge in [-0.3, -0.25) is 4.79 Å². The summed E-state index contributed by atoms with van der Waals surface area (Å²) in [5.74, 6) is 1.43. The van der Waals surface area contributed by atoms with E-state index in [2.05, 4.69) is 5.32 Å². The van der Waals surface area contributed by atoms with Crippen LogP contribution in [0.1, 0.15) is 13.3 Å². The van der Waals surface area contributed by atoms with Gasteiger partial charge in [0, 0.05) is 12.2 Å². The second-order valence-corrected chi connectivity index (χ2v) is 3.47. The van der Waals surface area contributed by atoms with Crippen LogP contribution in [0.15, 0.2) is 0 Å². The molecule has 0 aromatic rings. The third-order valence-electron chi connectivity index (χ3n) is 1.49. The Morgan fingerprint density at radius 2 is 2.33 bits per heavy atom. The number of ketones is 1. The molecule has 4 heteroatoms. The van der Waals surface area contributed by atoms with Crippen molar-refractivity contribution in [1.82, 2.24) is 5.32 Å². The largest absolute Gasteiger partial charge is 0.310 e. The number of hydrogen-bond donors (Lipinski definition) is 1. The minimum Gasteiger partial charge on any atom is -0.310 e. The summed E-state index contributed by atoms with van der Waals surface area (Å²) in [5, 5.41) is 2.84. The Hall–Kier alpha value is -0.350. The van der Waals surface area contributed by atoms with Crippen molar-refractivity contribution in [3.63, 3.8) is 0 Å². The summed E-state index contributed by atoms with van der Waals surface area (Å²) in [6.07, 6.45) is 1.45. The van der Waals surface area contributed by atoms with Crippen LogP contribution in [-0.2, 0) is 9.59 Å². The molecule has 1 unspecified atom stereocenters. The summed E-state index contributed by atoms with van der Waals surface area (Å²) >= 11 is 1.50. The monoisotopic (exact) mass is 189 g/mol. The van der Waals surface area contributed by atoms with E-state index in [1.165, 1.54) is 11.8 Å². The third kappa shape index (κ3) is 5.32. The highest BCUT2D eigenvalue weighted by atomic mass is 32.2. The maximum absolute atomic E-state index is 10.8. The van der Waals surface area contributed by atoms with E-state index in [-0.39, 0.29) is 11.8 Å². The summed E-state index contributed by atoms with van der Waals surface area (Å²) in [6, 6.07) is -0.125. The molecule has 0 rings (SSSR count). The molecular weight excluding hydrogens is 174 g/mol. The molecule has 0 aliphatic rings. The summed E-state index contributed by atoms with van der Waals surface area (Å²) < 4.78 is 0. The predicted octanol–water partition coefficient (Wildman–Crippen LogP) is 0.486. The molecule has 0 spiro atoms. The molecule has 0 amide bonds. The van der Waals surface area contributed by atoms with Crippen LogP contribution in [-0.4, -0.2) is 36.7 Å². The molecular formula is C8H15NO2S. The number of thioether (sulfide) groups is 1. The number of Topliss-reactive ketones (excluding diaryl/α,β-unsaturated/α-hetero) is 1. The fourth-order valence-electron chi connectivity index (χ4n) is 0.592. The van der Waals surface area contributed by atoms with Crippen molar-refractivity contribution >= 4 is 23.8 Å². The number of carbonyl (C=O) groups excluding carboxylic acids is 2. The molecule has 0 bridgehead atoms. The molecule has 1 N–H and O–H groups in total. The van der Waals surface area contributed by atoms with Gasteiger partial charge in [0.1, 0.15) is 12.1 Å². The van der Waals surface area contributed by atoms with Gasteiger partial charge in [0.25, 0.3) is 0 Å². The number of hydrogen-bond acceptors (Lipinski definition) is 4. The summed E-state index contributed by atoms with van der Waals surface area (Å²) in [7, 11) is 1.74. The van der Waals surface area contributed by atoms with E-state index in [0.717, 1.165) is 6.29 Å². The normalized spacial score (nSPS) is 12.5. The minimum atomic E-state index is -0.125. The van der Waals surface area contributed by atoms with Gasteiger partial charge in [-0.25, -0.2) is 0 Å². The molecule has 70 valence electrons. The van der Waals surface area contributed by atoms with Crippen molar-refractivity contribution in [2.75, 3.05) is 18.6 Å². The van der Waals surface area contributed by atoms with Crippen molar-refractivity contribution < 1.29 is 9.59 Å². The van der Waals surface area contributed by atoms with Crippen LogP contribution in [0.4, 0.5) is 0 Å². The van der Waals surface area contributed by atoms with Gasteiger partial charge >= 0.3 is 0 Å². The molecule has 1 atom stereocenters. The molecule has 0 saturated heterocycles. The highest BCUT2D eigenvalue weighted by molar-refractivity contribution is 8.00. The Bertz CT molecular complexity index is 150. The topological polar surface area (TPSA) is 46.2 Å². The second-order valence-electron chi connectivity index (χ2n) is 2.44. The highest BCUT2D eigenvalue weighted by Gasteiger charge is 2.04. The smallest absolute Gasteiger partial charge is 0.142 e. The molecule has 0 radical (unpaired) electrons. The third-order valence-corrected chi connectivity index (χ3v) is 2.61. The molecule has 3 nitrogen and oxygen atoms in total. The van der Waals surface area contributed by atoms with Gasteiger partial charge in [-0.05, 0) is 7.05 Å². The zero-order valence-electron chi connectivity index (χ0n) is 7.50. The van der Waals surface area contributed by atoms with Gasteiger partial charge < -0.3 is 10.1 Å². The predicted molar refractivity (Wildman–Crippen MR) is 51.5 cm³/mol. The Morgan fingerprint density at radius 1 is 1.67 bits per heavy atom. The molecule has 0 heterocycles. The molecule has 0 saturated carbocycles. The van der Waals surface area contributed by atoms with E-state index in [9.17, 15) is 9.59 Å². The van der Waals surface area contributed by atoms with E-state index in [0.29, 0.717) is 17.9 Å². The van der Waals surface area contributed by atoms with Gasteiger partial charge in [-0.2, -0.15) is 11.8 Å². The quantitative estimate of drug-likeness (QED) is 0.592. The number of likely N-dealkylation sites (N-methyl/N-ethyl adjacent to an activating group) is 1. The van der Waals surface area contributed by atoms with Gasteiger partial charge in [-0.1, -0.05) is 6.92 Å². The number of aldehydes is 1. The molecule has 0 aliphatic heterocycles. The Morgan fingerprint density at radius 3 is 2.75 bits per heavy atom. The first kappa shape index (κ1) is 11.6. The van der Waals surface area contributed by atoms with E-state index in [1.807, 2.05) is 6.92 Å². The molecule has 12 heavy (non-hydrogen) atoms. The van der Waals surface area contributed by atoms with E-state index >= 15 is 0 Å². The van der Waals surface area contributed by atoms with Crippen LogP contribution in [0.5, 0.6) is 0 Å². The van der Waals surface area contributed by atoms with Crippen molar-refractivity contribution in [2.24, 2.45) is 0 Å². The average Bonchev–Trinajstić information content (AvgIpc) is 2.12. The van der Waals surface area contributed by atoms with Crippen LogP contribution < -0.4 is 5.32 Å². The molecule has 0 aromatic heterocycles. The first-order chi connectivity index (χ1) is 5.74. The lowest BCUT2D eigenvalue weighted by Gasteiger charge is -2.06.